The Labute approximate surface area is 147 Å². The Hall–Kier alpha value is -1.73. The molecule has 1 fully saturated rings. The van der Waals surface area contributed by atoms with E-state index in [4.69, 9.17) is 0 Å². The Morgan fingerprint density at radius 2 is 2.12 bits per heavy atom. The number of carbonyl (C=O) groups excluding carboxylic acids is 1. The predicted molar refractivity (Wildman–Crippen MR) is 98.3 cm³/mol. The highest BCUT2D eigenvalue weighted by atomic mass is 28.3. The molecule has 1 amide bonds. The van der Waals surface area contributed by atoms with E-state index in [1.165, 1.54) is 18.2 Å². The number of aromatic nitrogens is 1. The van der Waals surface area contributed by atoms with Crippen LogP contribution in [-0.2, 0) is 6.54 Å². The van der Waals surface area contributed by atoms with Crippen LogP contribution in [0.5, 0.6) is 0 Å². The van der Waals surface area contributed by atoms with Crippen LogP contribution in [0.2, 0.25) is 19.1 Å². The third kappa shape index (κ3) is 3.77. The quantitative estimate of drug-likeness (QED) is 0.816. The normalized spacial score (nSPS) is 20.4. The van der Waals surface area contributed by atoms with Crippen LogP contribution < -0.4 is 10.3 Å². The van der Waals surface area contributed by atoms with Crippen LogP contribution in [-0.4, -0.2) is 31.3 Å². The van der Waals surface area contributed by atoms with Crippen molar-refractivity contribution in [3.63, 3.8) is 0 Å². The molecule has 0 spiro atoms. The summed E-state index contributed by atoms with van der Waals surface area (Å²) >= 11 is 0. The number of amides is 1. The summed E-state index contributed by atoms with van der Waals surface area (Å²) < 4.78 is 29.3. The molecule has 0 aliphatic carbocycles. The van der Waals surface area contributed by atoms with Gasteiger partial charge in [0.2, 0.25) is 0 Å². The van der Waals surface area contributed by atoms with Gasteiger partial charge in [0.25, 0.3) is 5.91 Å². The van der Waals surface area contributed by atoms with E-state index < -0.39 is 19.9 Å². The van der Waals surface area contributed by atoms with Crippen LogP contribution in [0.15, 0.2) is 18.2 Å². The smallest absolute Gasteiger partial charge is 0.268 e. The first-order valence-electron chi connectivity index (χ1n) is 8.85. The summed E-state index contributed by atoms with van der Waals surface area (Å²) in [5.41, 5.74) is 0.792. The lowest BCUT2D eigenvalue weighted by Gasteiger charge is -2.22. The predicted octanol–water partition coefficient (Wildman–Crippen LogP) is 3.63. The molecule has 25 heavy (non-hydrogen) atoms. The van der Waals surface area contributed by atoms with Gasteiger partial charge in [0.15, 0.2) is 0 Å². The summed E-state index contributed by atoms with van der Waals surface area (Å²) in [7, 11) is -1.37. The molecule has 2 aromatic rings. The minimum absolute atomic E-state index is 0.0617. The highest BCUT2D eigenvalue weighted by molar-refractivity contribution is 6.75. The lowest BCUT2D eigenvalue weighted by atomic mass is 10.1. The summed E-state index contributed by atoms with van der Waals surface area (Å²) in [5.74, 6) is -1.50. The van der Waals surface area contributed by atoms with E-state index in [9.17, 15) is 13.6 Å². The molecule has 0 bridgehead atoms. The number of hydrogen-bond acceptors (Lipinski definition) is 2. The number of hydrogen-bond donors (Lipinski definition) is 2. The molecule has 0 radical (unpaired) electrons. The number of carbonyl (C=O) groups is 1. The van der Waals surface area contributed by atoms with Gasteiger partial charge in [0.05, 0.1) is 5.52 Å². The van der Waals surface area contributed by atoms with E-state index in [1.807, 2.05) is 6.92 Å². The van der Waals surface area contributed by atoms with Gasteiger partial charge in [-0.3, -0.25) is 4.79 Å². The fraction of sp³-hybridized carbons (Fsp3) is 0.500. The van der Waals surface area contributed by atoms with Crippen molar-refractivity contribution in [2.45, 2.75) is 51.5 Å². The maximum absolute atomic E-state index is 14.0. The fourth-order valence-electron chi connectivity index (χ4n) is 3.57. The molecule has 1 aromatic heterocycles. The Kier molecular flexibility index (Phi) is 4.97. The average Bonchev–Trinajstić information content (AvgIpc) is 2.82. The topological polar surface area (TPSA) is 46.1 Å². The minimum atomic E-state index is -1.37. The zero-order valence-electron chi connectivity index (χ0n) is 15.0. The highest BCUT2D eigenvalue weighted by Crippen LogP contribution is 2.25. The molecule has 1 saturated heterocycles. The van der Waals surface area contributed by atoms with Crippen molar-refractivity contribution in [2.24, 2.45) is 0 Å². The summed E-state index contributed by atoms with van der Waals surface area (Å²) in [6.07, 6.45) is 2.03. The van der Waals surface area contributed by atoms with Crippen LogP contribution in [0.1, 0.15) is 30.3 Å². The largest absolute Gasteiger partial charge is 0.347 e. The molecule has 1 unspecified atom stereocenters. The van der Waals surface area contributed by atoms with E-state index >= 15 is 0 Å². The summed E-state index contributed by atoms with van der Waals surface area (Å²) in [6.45, 7) is 7.69. The van der Waals surface area contributed by atoms with E-state index in [2.05, 4.69) is 23.4 Å². The lowest BCUT2D eigenvalue weighted by molar-refractivity contribution is 0.0927. The third-order valence-corrected chi connectivity index (χ3v) is 7.77. The number of nitrogens with zero attached hydrogens (tertiary/aromatic N) is 1. The van der Waals surface area contributed by atoms with Crippen molar-refractivity contribution in [1.29, 1.82) is 0 Å². The van der Waals surface area contributed by atoms with E-state index in [0.717, 1.165) is 25.5 Å². The van der Waals surface area contributed by atoms with Crippen LogP contribution in [0, 0.1) is 11.6 Å². The molecular weight excluding hydrogens is 340 g/mol. The first kappa shape index (κ1) is 18.1. The van der Waals surface area contributed by atoms with Crippen LogP contribution in [0.3, 0.4) is 0 Å². The standard InChI is InChI=1S/C18H25F2N3OSi/c1-4-23-16-9-12(19)8-15(20)14(16)10-17(23)18(24)22-13-6-5-7-25(2,3)21-11-13/h8-10,13,21H,4-7,11H2,1-3H3,(H,22,24). The summed E-state index contributed by atoms with van der Waals surface area (Å²) in [4.78, 5) is 16.4. The van der Waals surface area contributed by atoms with Crippen LogP contribution >= 0.6 is 0 Å². The lowest BCUT2D eigenvalue weighted by Crippen LogP contribution is -2.49. The number of aryl methyl sites for hydroxylation is 1. The fourth-order valence-corrected chi connectivity index (χ4v) is 5.64. The van der Waals surface area contributed by atoms with Gasteiger partial charge < -0.3 is 14.9 Å². The Morgan fingerprint density at radius 3 is 2.84 bits per heavy atom. The van der Waals surface area contributed by atoms with Crippen molar-refractivity contribution < 1.29 is 13.6 Å². The molecule has 2 heterocycles. The van der Waals surface area contributed by atoms with Crippen molar-refractivity contribution in [1.82, 2.24) is 14.9 Å². The molecule has 1 aromatic carbocycles. The molecular formula is C18H25F2N3OSi. The summed E-state index contributed by atoms with van der Waals surface area (Å²) in [6, 6.07) is 4.91. The van der Waals surface area contributed by atoms with Crippen LogP contribution in [0.4, 0.5) is 8.78 Å². The van der Waals surface area contributed by atoms with Gasteiger partial charge in [-0.15, -0.1) is 0 Å². The van der Waals surface area contributed by atoms with Crippen molar-refractivity contribution in [3.05, 3.63) is 35.5 Å². The molecule has 1 aliphatic heterocycles. The molecule has 2 N–H and O–H groups in total. The first-order valence-corrected chi connectivity index (χ1v) is 12.1. The highest BCUT2D eigenvalue weighted by Gasteiger charge is 2.27. The molecule has 1 aliphatic rings. The monoisotopic (exact) mass is 365 g/mol. The van der Waals surface area contributed by atoms with Gasteiger partial charge in [0, 0.05) is 30.6 Å². The molecule has 0 saturated carbocycles. The van der Waals surface area contributed by atoms with Crippen LogP contribution in [0.25, 0.3) is 10.9 Å². The van der Waals surface area contributed by atoms with Crippen molar-refractivity contribution in [2.75, 3.05) is 6.54 Å². The number of halogens is 2. The van der Waals surface area contributed by atoms with E-state index in [0.29, 0.717) is 17.8 Å². The average molecular weight is 366 g/mol. The van der Waals surface area contributed by atoms with Gasteiger partial charge in [-0.1, -0.05) is 19.5 Å². The summed E-state index contributed by atoms with van der Waals surface area (Å²) in [5, 5.41) is 3.35. The zero-order chi connectivity index (χ0) is 18.2. The first-order chi connectivity index (χ1) is 11.8. The molecule has 1 atom stereocenters. The molecule has 3 rings (SSSR count). The Bertz CT molecular complexity index is 803. The second-order valence-corrected chi connectivity index (χ2v) is 12.0. The van der Waals surface area contributed by atoms with Gasteiger partial charge >= 0.3 is 0 Å². The van der Waals surface area contributed by atoms with E-state index in [-0.39, 0.29) is 17.3 Å². The van der Waals surface area contributed by atoms with Gasteiger partial charge in [0.1, 0.15) is 25.6 Å². The molecule has 7 heteroatoms. The van der Waals surface area contributed by atoms with Gasteiger partial charge in [-0.25, -0.2) is 8.78 Å². The van der Waals surface area contributed by atoms with E-state index in [1.54, 1.807) is 4.57 Å². The van der Waals surface area contributed by atoms with Gasteiger partial charge in [-0.2, -0.15) is 0 Å². The second kappa shape index (κ2) is 6.88. The van der Waals surface area contributed by atoms with Crippen molar-refractivity contribution >= 4 is 25.0 Å². The zero-order valence-corrected chi connectivity index (χ0v) is 16.0. The Balaban J connectivity index is 1.86. The number of benzene rings is 1. The van der Waals surface area contributed by atoms with Crippen molar-refractivity contribution in [3.8, 4) is 0 Å². The third-order valence-electron chi connectivity index (χ3n) is 5.00. The molecule has 4 nitrogen and oxygen atoms in total. The maximum atomic E-state index is 14.0. The number of fused-ring (bicyclic) bond motifs is 1. The number of nitrogens with one attached hydrogen (secondary N) is 2. The Morgan fingerprint density at radius 1 is 1.36 bits per heavy atom. The maximum Gasteiger partial charge on any atom is 0.268 e. The number of rotatable bonds is 3. The molecule has 136 valence electrons. The minimum Gasteiger partial charge on any atom is -0.347 e. The SMILES string of the molecule is CCn1c(C(=O)NC2CCC[Si](C)(C)NC2)cc2c(F)cc(F)cc21. The van der Waals surface area contributed by atoms with Gasteiger partial charge in [-0.05, 0) is 31.5 Å². The second-order valence-electron chi connectivity index (χ2n) is 7.42.